The molecule has 0 saturated carbocycles. The van der Waals surface area contributed by atoms with Gasteiger partial charge in [-0.3, -0.25) is 9.78 Å². The first kappa shape index (κ1) is 36.5. The summed E-state index contributed by atoms with van der Waals surface area (Å²) >= 11 is 17.1. The smallest absolute Gasteiger partial charge is 0.305 e. The van der Waals surface area contributed by atoms with Crippen molar-refractivity contribution >= 4 is 82.2 Å². The number of aromatic nitrogens is 1. The first-order chi connectivity index (χ1) is 22.3. The van der Waals surface area contributed by atoms with Crippen molar-refractivity contribution in [3.05, 3.63) is 68.2 Å². The molecule has 2 fully saturated rings. The fraction of sp³-hybridized carbons (Fsp3) is 0.484. The van der Waals surface area contributed by atoms with E-state index in [0.717, 1.165) is 75.1 Å². The molecule has 0 bridgehead atoms. The molecule has 0 radical (unpaired) electrons. The Morgan fingerprint density at radius 2 is 1.68 bits per heavy atom. The summed E-state index contributed by atoms with van der Waals surface area (Å²) in [6.07, 6.45) is 9.61. The fourth-order valence-electron chi connectivity index (χ4n) is 6.33. The Kier molecular flexibility index (Phi) is 12.3. The van der Waals surface area contributed by atoms with Crippen molar-refractivity contribution in [1.82, 2.24) is 14.0 Å². The lowest BCUT2D eigenvalue weighted by molar-refractivity contribution is -0.137. The second kappa shape index (κ2) is 15.8. The summed E-state index contributed by atoms with van der Waals surface area (Å²) in [5, 5.41) is 9.66. The molecule has 16 heteroatoms. The van der Waals surface area contributed by atoms with Crippen LogP contribution in [0.15, 0.2) is 62.4 Å². The molecule has 5 rings (SSSR count). The SMILES string of the molecule is O=C(O)CC(NS(=O)(=O)c1ccc(N2CCC(CCCC3CCN(S(=O)(=O)c4cc(Br)c(Cl)s4)CC3)CC2)c(Cl)c1)c1cccnc1. The van der Waals surface area contributed by atoms with Gasteiger partial charge in [0.1, 0.15) is 8.55 Å². The Balaban J connectivity index is 1.07. The highest BCUT2D eigenvalue weighted by molar-refractivity contribution is 9.10. The van der Waals surface area contributed by atoms with Crippen LogP contribution in [-0.2, 0) is 24.8 Å². The Morgan fingerprint density at radius 1 is 1.02 bits per heavy atom. The predicted octanol–water partition coefficient (Wildman–Crippen LogP) is 7.19. The van der Waals surface area contributed by atoms with Gasteiger partial charge in [0.15, 0.2) is 0 Å². The average Bonchev–Trinajstić information content (AvgIpc) is 3.40. The van der Waals surface area contributed by atoms with Crippen LogP contribution < -0.4 is 9.62 Å². The highest BCUT2D eigenvalue weighted by atomic mass is 79.9. The number of pyridine rings is 1. The Labute approximate surface area is 298 Å². The van der Waals surface area contributed by atoms with Crippen LogP contribution in [0.1, 0.15) is 63.0 Å². The molecule has 2 aromatic heterocycles. The molecule has 1 atom stereocenters. The van der Waals surface area contributed by atoms with Crippen LogP contribution in [0.25, 0.3) is 0 Å². The summed E-state index contributed by atoms with van der Waals surface area (Å²) in [5.74, 6) is -0.0241. The summed E-state index contributed by atoms with van der Waals surface area (Å²) in [6.45, 7) is 2.69. The van der Waals surface area contributed by atoms with E-state index >= 15 is 0 Å². The molecule has 0 amide bonds. The normalized spacial score (nSPS) is 18.0. The van der Waals surface area contributed by atoms with Gasteiger partial charge in [-0.15, -0.1) is 11.3 Å². The number of thiophene rings is 1. The van der Waals surface area contributed by atoms with E-state index in [0.29, 0.717) is 44.3 Å². The number of halogens is 3. The first-order valence-corrected chi connectivity index (χ1v) is 20.8. The molecule has 4 heterocycles. The first-order valence-electron chi connectivity index (χ1n) is 15.5. The largest absolute Gasteiger partial charge is 0.481 e. The van der Waals surface area contributed by atoms with Gasteiger partial charge in [0.25, 0.3) is 10.0 Å². The van der Waals surface area contributed by atoms with Crippen molar-refractivity contribution in [2.75, 3.05) is 31.1 Å². The quantitative estimate of drug-likeness (QED) is 0.185. The monoisotopic (exact) mass is 806 g/mol. The minimum atomic E-state index is -4.06. The van der Waals surface area contributed by atoms with Crippen LogP contribution in [-0.4, -0.2) is 63.4 Å². The Hall–Kier alpha value is -1.78. The molecule has 47 heavy (non-hydrogen) atoms. The lowest BCUT2D eigenvalue weighted by Crippen LogP contribution is -2.38. The van der Waals surface area contributed by atoms with E-state index in [9.17, 15) is 26.7 Å². The number of hydrogen-bond donors (Lipinski definition) is 2. The molecule has 2 aliphatic rings. The molecule has 2 saturated heterocycles. The maximum Gasteiger partial charge on any atom is 0.305 e. The molecule has 0 aliphatic carbocycles. The Morgan fingerprint density at radius 3 is 2.23 bits per heavy atom. The number of nitrogens with one attached hydrogen (secondary N) is 1. The van der Waals surface area contributed by atoms with E-state index in [-0.39, 0.29) is 9.10 Å². The molecular formula is C31H37BrCl2N4O6S3. The molecular weight excluding hydrogens is 771 g/mol. The number of anilines is 1. The average molecular weight is 809 g/mol. The summed E-state index contributed by atoms with van der Waals surface area (Å²) in [6, 6.07) is 8.48. The minimum Gasteiger partial charge on any atom is -0.481 e. The van der Waals surface area contributed by atoms with Crippen molar-refractivity contribution < 1.29 is 26.7 Å². The van der Waals surface area contributed by atoms with E-state index in [1.54, 1.807) is 28.6 Å². The van der Waals surface area contributed by atoms with Crippen LogP contribution in [0, 0.1) is 11.8 Å². The molecule has 0 spiro atoms. The number of aliphatic carboxylic acids is 1. The lowest BCUT2D eigenvalue weighted by atomic mass is 9.87. The number of nitrogens with zero attached hydrogens (tertiary/aromatic N) is 3. The second-order valence-corrected chi connectivity index (χ2v) is 18.9. The van der Waals surface area contributed by atoms with E-state index in [4.69, 9.17) is 23.2 Å². The fourth-order valence-corrected chi connectivity index (χ4v) is 11.9. The van der Waals surface area contributed by atoms with Gasteiger partial charge in [-0.1, -0.05) is 48.5 Å². The summed E-state index contributed by atoms with van der Waals surface area (Å²) in [5.41, 5.74) is 1.23. The van der Waals surface area contributed by atoms with E-state index in [2.05, 4.69) is 30.5 Å². The van der Waals surface area contributed by atoms with Crippen LogP contribution in [0.5, 0.6) is 0 Å². The molecule has 2 aliphatic heterocycles. The third kappa shape index (κ3) is 9.27. The van der Waals surface area contributed by atoms with Gasteiger partial charge in [-0.05, 0) is 89.3 Å². The number of sulfonamides is 2. The highest BCUT2D eigenvalue weighted by Crippen LogP contribution is 2.38. The number of carboxylic acid groups (broad SMARTS) is 1. The molecule has 2 N–H and O–H groups in total. The number of rotatable bonds is 13. The van der Waals surface area contributed by atoms with Crippen molar-refractivity contribution in [2.45, 2.75) is 66.5 Å². The van der Waals surface area contributed by atoms with Crippen LogP contribution in [0.2, 0.25) is 9.36 Å². The topological polar surface area (TPSA) is 137 Å². The summed E-state index contributed by atoms with van der Waals surface area (Å²) in [7, 11) is -7.57. The van der Waals surface area contributed by atoms with E-state index in [1.165, 1.54) is 24.5 Å². The van der Waals surface area contributed by atoms with E-state index < -0.39 is 38.5 Å². The number of benzene rings is 1. The van der Waals surface area contributed by atoms with Gasteiger partial charge in [0, 0.05) is 43.0 Å². The van der Waals surface area contributed by atoms with Gasteiger partial charge < -0.3 is 10.0 Å². The van der Waals surface area contributed by atoms with Crippen molar-refractivity contribution in [2.24, 2.45) is 11.8 Å². The van der Waals surface area contributed by atoms with Gasteiger partial charge in [0.2, 0.25) is 10.0 Å². The van der Waals surface area contributed by atoms with Crippen LogP contribution >= 0.6 is 50.5 Å². The number of carbonyl (C=O) groups is 1. The molecule has 1 unspecified atom stereocenters. The van der Waals surface area contributed by atoms with Crippen molar-refractivity contribution in [3.8, 4) is 0 Å². The molecule has 10 nitrogen and oxygen atoms in total. The zero-order chi connectivity index (χ0) is 33.8. The minimum absolute atomic E-state index is 0.0344. The number of carboxylic acids is 1. The Bertz CT molecular complexity index is 1740. The third-order valence-electron chi connectivity index (χ3n) is 8.96. The van der Waals surface area contributed by atoms with Gasteiger partial charge in [0.05, 0.1) is 28.1 Å². The lowest BCUT2D eigenvalue weighted by Gasteiger charge is -2.35. The summed E-state index contributed by atoms with van der Waals surface area (Å²) in [4.78, 5) is 17.5. The number of piperidine rings is 2. The van der Waals surface area contributed by atoms with Gasteiger partial charge >= 0.3 is 5.97 Å². The standard InChI is InChI=1S/C31H37BrCl2N4O6S3/c32-25-18-30(45-31(25)34)47(43,44)38-15-10-22(11-16-38)4-1-3-21-8-13-37(14-9-21)28-7-6-24(17-26(28)33)46(41,42)36-27(19-29(39)40)23-5-2-12-35-20-23/h2,5-7,12,17-18,20-22,27,36H,1,3-4,8-11,13-16,19H2,(H,39,40). The molecule has 256 valence electrons. The van der Waals surface area contributed by atoms with Crippen LogP contribution in [0.3, 0.4) is 0 Å². The van der Waals surface area contributed by atoms with Gasteiger partial charge in [-0.25, -0.2) is 21.6 Å². The van der Waals surface area contributed by atoms with Crippen LogP contribution in [0.4, 0.5) is 5.69 Å². The molecule has 3 aromatic rings. The third-order valence-corrected chi connectivity index (χ3v) is 15.6. The zero-order valence-corrected chi connectivity index (χ0v) is 31.1. The highest BCUT2D eigenvalue weighted by Gasteiger charge is 2.31. The van der Waals surface area contributed by atoms with Crippen molar-refractivity contribution in [1.29, 1.82) is 0 Å². The molecule has 1 aromatic carbocycles. The predicted molar refractivity (Wildman–Crippen MR) is 188 cm³/mol. The van der Waals surface area contributed by atoms with Gasteiger partial charge in [-0.2, -0.15) is 4.31 Å². The maximum atomic E-state index is 13.2. The van der Waals surface area contributed by atoms with E-state index in [1.807, 2.05) is 0 Å². The number of hydrogen-bond acceptors (Lipinski definition) is 8. The maximum absolute atomic E-state index is 13.2. The van der Waals surface area contributed by atoms with Crippen molar-refractivity contribution in [3.63, 3.8) is 0 Å². The summed E-state index contributed by atoms with van der Waals surface area (Å²) < 4.78 is 57.8. The second-order valence-electron chi connectivity index (χ2n) is 12.1. The zero-order valence-electron chi connectivity index (χ0n) is 25.5.